The molecule has 2 aromatic carbocycles. The van der Waals surface area contributed by atoms with E-state index in [0.29, 0.717) is 59.3 Å². The Kier molecular flexibility index (Phi) is 6.59. The number of ether oxygens (including phenoxy) is 2. The normalized spacial score (nSPS) is 10.6. The van der Waals surface area contributed by atoms with Crippen molar-refractivity contribution in [3.05, 3.63) is 67.0 Å². The Bertz CT molecular complexity index is 1360. The fourth-order valence-corrected chi connectivity index (χ4v) is 3.79. The van der Waals surface area contributed by atoms with Crippen LogP contribution >= 0.6 is 0 Å². The highest BCUT2D eigenvalue weighted by Gasteiger charge is 2.19. The summed E-state index contributed by atoms with van der Waals surface area (Å²) in [6, 6.07) is 17.6. The van der Waals surface area contributed by atoms with Crippen molar-refractivity contribution in [3.8, 4) is 28.8 Å². The van der Waals surface area contributed by atoms with Crippen LogP contribution in [0.5, 0.6) is 11.5 Å². The zero-order chi connectivity index (χ0) is 24.1. The van der Waals surface area contributed by atoms with Crippen LogP contribution in [0, 0.1) is 11.3 Å². The molecule has 2 N–H and O–H groups in total. The smallest absolute Gasteiger partial charge is 0.164 e. The highest BCUT2D eigenvalue weighted by Crippen LogP contribution is 2.36. The number of para-hydroxylation sites is 1. The quantitative estimate of drug-likeness (QED) is 0.380. The van der Waals surface area contributed by atoms with Crippen molar-refractivity contribution in [2.75, 3.05) is 37.9 Å². The molecule has 4 aromatic rings. The summed E-state index contributed by atoms with van der Waals surface area (Å²) >= 11 is 0. The van der Waals surface area contributed by atoms with Crippen LogP contribution < -0.4 is 20.1 Å². The van der Waals surface area contributed by atoms with Gasteiger partial charge in [0.25, 0.3) is 0 Å². The maximum Gasteiger partial charge on any atom is 0.164 e. The van der Waals surface area contributed by atoms with E-state index in [1.54, 1.807) is 14.2 Å². The van der Waals surface area contributed by atoms with Crippen LogP contribution in [0.15, 0.2) is 67.0 Å². The maximum atomic E-state index is 9.25. The number of nitriles is 1. The monoisotopic (exact) mass is 455 g/mol. The third-order valence-corrected chi connectivity index (χ3v) is 5.46. The summed E-state index contributed by atoms with van der Waals surface area (Å²) in [7, 11) is 3.18. The van der Waals surface area contributed by atoms with Crippen molar-refractivity contribution in [2.24, 2.45) is 0 Å². The van der Waals surface area contributed by atoms with Gasteiger partial charge in [-0.2, -0.15) is 10.4 Å². The highest BCUT2D eigenvalue weighted by atomic mass is 16.5. The summed E-state index contributed by atoms with van der Waals surface area (Å²) < 4.78 is 12.6. The molecule has 0 unspecified atom stereocenters. The number of methoxy groups -OCH3 is 2. The molecular formula is C25H25N7O2. The largest absolute Gasteiger partial charge is 0.493 e. The summed E-state index contributed by atoms with van der Waals surface area (Å²) in [6.45, 7) is 5.35. The molecule has 0 atom stereocenters. The van der Waals surface area contributed by atoms with Crippen molar-refractivity contribution in [1.29, 1.82) is 5.26 Å². The molecule has 0 saturated heterocycles. The van der Waals surface area contributed by atoms with Gasteiger partial charge in [-0.3, -0.25) is 0 Å². The van der Waals surface area contributed by atoms with Gasteiger partial charge in [0.15, 0.2) is 17.1 Å². The summed E-state index contributed by atoms with van der Waals surface area (Å²) in [5, 5.41) is 14.8. The predicted octanol–water partition coefficient (Wildman–Crippen LogP) is 3.68. The van der Waals surface area contributed by atoms with Crippen molar-refractivity contribution in [3.63, 3.8) is 0 Å². The topological polar surface area (TPSA) is 115 Å². The van der Waals surface area contributed by atoms with Gasteiger partial charge in [-0.15, -0.1) is 0 Å². The molecule has 172 valence electrons. The van der Waals surface area contributed by atoms with E-state index in [2.05, 4.69) is 27.5 Å². The Morgan fingerprint density at radius 2 is 1.88 bits per heavy atom. The summed E-state index contributed by atoms with van der Waals surface area (Å²) in [6.07, 6.45) is 1.43. The van der Waals surface area contributed by atoms with E-state index in [-0.39, 0.29) is 0 Å². The molecule has 0 aliphatic heterocycles. The Balaban J connectivity index is 1.72. The lowest BCUT2D eigenvalue weighted by Gasteiger charge is -2.24. The van der Waals surface area contributed by atoms with Gasteiger partial charge in [-0.25, -0.2) is 14.6 Å². The number of aromatic nitrogens is 4. The van der Waals surface area contributed by atoms with Gasteiger partial charge in [-0.05, 0) is 30.3 Å². The molecular weight excluding hydrogens is 430 g/mol. The van der Waals surface area contributed by atoms with E-state index in [1.807, 2.05) is 53.2 Å². The summed E-state index contributed by atoms with van der Waals surface area (Å²) in [5.74, 6) is 1.55. The second-order valence-electron chi connectivity index (χ2n) is 7.57. The molecule has 0 saturated carbocycles. The third kappa shape index (κ3) is 4.47. The number of hydrogen-bond acceptors (Lipinski definition) is 8. The molecule has 0 fully saturated rings. The second-order valence-corrected chi connectivity index (χ2v) is 7.57. The number of fused-ring (bicyclic) bond motifs is 1. The fourth-order valence-electron chi connectivity index (χ4n) is 3.79. The lowest BCUT2D eigenvalue weighted by atomic mass is 10.1. The van der Waals surface area contributed by atoms with Gasteiger partial charge in [0.05, 0.1) is 38.8 Å². The van der Waals surface area contributed by atoms with Gasteiger partial charge in [-0.1, -0.05) is 24.8 Å². The van der Waals surface area contributed by atoms with E-state index in [0.717, 1.165) is 11.3 Å². The third-order valence-electron chi connectivity index (χ3n) is 5.46. The minimum Gasteiger partial charge on any atom is -0.493 e. The first-order valence-electron chi connectivity index (χ1n) is 10.6. The molecule has 0 amide bonds. The second kappa shape index (κ2) is 9.92. The molecule has 0 spiro atoms. The molecule has 2 aromatic heterocycles. The zero-order valence-corrected chi connectivity index (χ0v) is 19.1. The van der Waals surface area contributed by atoms with Gasteiger partial charge in [0, 0.05) is 23.4 Å². The molecule has 0 radical (unpaired) electrons. The van der Waals surface area contributed by atoms with E-state index in [9.17, 15) is 5.26 Å². The van der Waals surface area contributed by atoms with Gasteiger partial charge in [0.2, 0.25) is 0 Å². The average molecular weight is 456 g/mol. The standard InChI is InChI=1S/C25H25N7O2/c1-17(14-26)15-31(19-7-5-4-6-8-19)11-12-32-25-22(24(27)28-16-29-25)23(30-32)18-9-10-20(33-2)21(13-18)34-3/h4-10,13,16H,1,11-12,15H2,2-3H3,(H2,27,28,29). The van der Waals surface area contributed by atoms with Crippen LogP contribution in [0.2, 0.25) is 0 Å². The van der Waals surface area contributed by atoms with Crippen LogP contribution in [-0.2, 0) is 6.54 Å². The average Bonchev–Trinajstić information content (AvgIpc) is 3.26. The fraction of sp³-hybridized carbons (Fsp3) is 0.200. The maximum absolute atomic E-state index is 9.25. The van der Waals surface area contributed by atoms with Crippen molar-refractivity contribution >= 4 is 22.5 Å². The zero-order valence-electron chi connectivity index (χ0n) is 19.1. The van der Waals surface area contributed by atoms with E-state index >= 15 is 0 Å². The molecule has 0 aliphatic carbocycles. The first kappa shape index (κ1) is 22.6. The first-order valence-corrected chi connectivity index (χ1v) is 10.6. The lowest BCUT2D eigenvalue weighted by molar-refractivity contribution is 0.355. The molecule has 34 heavy (non-hydrogen) atoms. The van der Waals surface area contributed by atoms with E-state index in [1.165, 1.54) is 6.33 Å². The highest BCUT2D eigenvalue weighted by molar-refractivity contribution is 5.98. The van der Waals surface area contributed by atoms with E-state index < -0.39 is 0 Å². The number of rotatable bonds is 9. The number of hydrogen-bond donors (Lipinski definition) is 1. The molecule has 0 bridgehead atoms. The number of nitrogens with zero attached hydrogens (tertiary/aromatic N) is 6. The number of anilines is 2. The Hall–Kier alpha value is -4.58. The van der Waals surface area contributed by atoms with Crippen molar-refractivity contribution < 1.29 is 9.47 Å². The van der Waals surface area contributed by atoms with Gasteiger partial charge < -0.3 is 20.1 Å². The number of benzene rings is 2. The van der Waals surface area contributed by atoms with Crippen LogP contribution in [0.4, 0.5) is 11.5 Å². The van der Waals surface area contributed by atoms with Gasteiger partial charge in [0.1, 0.15) is 17.8 Å². The van der Waals surface area contributed by atoms with Crippen LogP contribution in [0.3, 0.4) is 0 Å². The minimum atomic E-state index is 0.346. The molecule has 9 nitrogen and oxygen atoms in total. The van der Waals surface area contributed by atoms with Crippen LogP contribution in [0.25, 0.3) is 22.3 Å². The SMILES string of the molecule is C=C(C#N)CN(CCn1nc(-c2ccc(OC)c(OC)c2)c2c(N)ncnc21)c1ccccc1. The summed E-state index contributed by atoms with van der Waals surface area (Å²) in [5.41, 5.74) is 9.81. The molecule has 2 heterocycles. The summed E-state index contributed by atoms with van der Waals surface area (Å²) in [4.78, 5) is 10.7. The Morgan fingerprint density at radius 3 is 2.59 bits per heavy atom. The van der Waals surface area contributed by atoms with Crippen molar-refractivity contribution in [1.82, 2.24) is 19.7 Å². The van der Waals surface area contributed by atoms with E-state index in [4.69, 9.17) is 20.3 Å². The lowest BCUT2D eigenvalue weighted by Crippen LogP contribution is -2.29. The predicted molar refractivity (Wildman–Crippen MR) is 132 cm³/mol. The van der Waals surface area contributed by atoms with Crippen LogP contribution in [0.1, 0.15) is 0 Å². The Morgan fingerprint density at radius 1 is 1.12 bits per heavy atom. The van der Waals surface area contributed by atoms with Gasteiger partial charge >= 0.3 is 0 Å². The number of nitrogens with two attached hydrogens (primary N) is 1. The Labute approximate surface area is 197 Å². The number of nitrogen functional groups attached to an aromatic ring is 1. The first-order chi connectivity index (χ1) is 16.5. The van der Waals surface area contributed by atoms with Crippen LogP contribution in [-0.4, -0.2) is 47.1 Å². The minimum absolute atomic E-state index is 0.346. The molecule has 9 heteroatoms. The van der Waals surface area contributed by atoms with Crippen molar-refractivity contribution in [2.45, 2.75) is 6.54 Å². The molecule has 0 aliphatic rings. The molecule has 4 rings (SSSR count).